The largest absolute Gasteiger partial charge is 0.493 e. The SMILES string of the molecule is Cc1ccc(Cl)cc1OCCC1CCCNC1. The normalized spacial score (nSPS) is 20.2. The van der Waals surface area contributed by atoms with Gasteiger partial charge in [-0.15, -0.1) is 0 Å². The van der Waals surface area contributed by atoms with E-state index in [1.165, 1.54) is 19.4 Å². The van der Waals surface area contributed by atoms with Gasteiger partial charge in [-0.2, -0.15) is 0 Å². The summed E-state index contributed by atoms with van der Waals surface area (Å²) in [6.07, 6.45) is 3.74. The Morgan fingerprint density at radius 1 is 1.47 bits per heavy atom. The Hall–Kier alpha value is -0.730. The van der Waals surface area contributed by atoms with E-state index < -0.39 is 0 Å². The number of ether oxygens (including phenoxy) is 1. The summed E-state index contributed by atoms with van der Waals surface area (Å²) < 4.78 is 5.81. The highest BCUT2D eigenvalue weighted by molar-refractivity contribution is 6.30. The van der Waals surface area contributed by atoms with Gasteiger partial charge in [-0.3, -0.25) is 0 Å². The first-order valence-corrected chi connectivity index (χ1v) is 6.73. The average Bonchev–Trinajstić information content (AvgIpc) is 2.35. The number of piperidine rings is 1. The average molecular weight is 254 g/mol. The predicted molar refractivity (Wildman–Crippen MR) is 71.9 cm³/mol. The van der Waals surface area contributed by atoms with Crippen LogP contribution in [-0.4, -0.2) is 19.7 Å². The van der Waals surface area contributed by atoms with Crippen LogP contribution in [0.5, 0.6) is 5.75 Å². The van der Waals surface area contributed by atoms with E-state index in [4.69, 9.17) is 16.3 Å². The van der Waals surface area contributed by atoms with E-state index in [1.54, 1.807) is 0 Å². The fraction of sp³-hybridized carbons (Fsp3) is 0.571. The van der Waals surface area contributed by atoms with Gasteiger partial charge in [0.2, 0.25) is 0 Å². The van der Waals surface area contributed by atoms with Gasteiger partial charge in [-0.1, -0.05) is 17.7 Å². The molecule has 1 N–H and O–H groups in total. The molecule has 3 heteroatoms. The van der Waals surface area contributed by atoms with Crippen LogP contribution in [0.15, 0.2) is 18.2 Å². The van der Waals surface area contributed by atoms with E-state index in [0.717, 1.165) is 41.8 Å². The first-order valence-electron chi connectivity index (χ1n) is 6.35. The summed E-state index contributed by atoms with van der Waals surface area (Å²) in [7, 11) is 0. The minimum atomic E-state index is 0.741. The molecule has 94 valence electrons. The third-order valence-corrected chi connectivity index (χ3v) is 3.57. The Bertz CT molecular complexity index is 361. The second-order valence-electron chi connectivity index (χ2n) is 4.76. The summed E-state index contributed by atoms with van der Waals surface area (Å²) >= 11 is 5.95. The molecular formula is C14H20ClNO. The molecule has 1 aromatic rings. The van der Waals surface area contributed by atoms with Gasteiger partial charge in [-0.25, -0.2) is 0 Å². The van der Waals surface area contributed by atoms with Gasteiger partial charge in [0.1, 0.15) is 5.75 Å². The Morgan fingerprint density at radius 2 is 2.35 bits per heavy atom. The van der Waals surface area contributed by atoms with E-state index in [0.29, 0.717) is 0 Å². The molecule has 0 radical (unpaired) electrons. The van der Waals surface area contributed by atoms with Crippen molar-refractivity contribution in [1.29, 1.82) is 0 Å². The van der Waals surface area contributed by atoms with Crippen LogP contribution < -0.4 is 10.1 Å². The van der Waals surface area contributed by atoms with Gasteiger partial charge >= 0.3 is 0 Å². The van der Waals surface area contributed by atoms with Crippen LogP contribution in [0.1, 0.15) is 24.8 Å². The molecular weight excluding hydrogens is 234 g/mol. The molecule has 1 heterocycles. The summed E-state index contributed by atoms with van der Waals surface area (Å²) in [6.45, 7) is 5.14. The van der Waals surface area contributed by atoms with Crippen molar-refractivity contribution < 1.29 is 4.74 Å². The fourth-order valence-corrected chi connectivity index (χ4v) is 2.40. The number of nitrogens with one attached hydrogen (secondary N) is 1. The van der Waals surface area contributed by atoms with Crippen molar-refractivity contribution in [2.45, 2.75) is 26.2 Å². The molecule has 1 aliphatic rings. The van der Waals surface area contributed by atoms with E-state index in [9.17, 15) is 0 Å². The second kappa shape index (κ2) is 6.27. The van der Waals surface area contributed by atoms with Crippen LogP contribution in [0.4, 0.5) is 0 Å². The Kier molecular flexibility index (Phi) is 4.69. The van der Waals surface area contributed by atoms with Crippen molar-refractivity contribution in [1.82, 2.24) is 5.32 Å². The molecule has 0 saturated carbocycles. The standard InChI is InChI=1S/C14H20ClNO/c1-11-4-5-13(15)9-14(11)17-8-6-12-3-2-7-16-10-12/h4-5,9,12,16H,2-3,6-8,10H2,1H3. The van der Waals surface area contributed by atoms with Gasteiger partial charge in [0, 0.05) is 5.02 Å². The molecule has 1 aromatic carbocycles. The van der Waals surface area contributed by atoms with Crippen LogP contribution in [-0.2, 0) is 0 Å². The zero-order valence-corrected chi connectivity index (χ0v) is 11.1. The highest BCUT2D eigenvalue weighted by Gasteiger charge is 2.12. The summed E-state index contributed by atoms with van der Waals surface area (Å²) in [5.41, 5.74) is 1.15. The lowest BCUT2D eigenvalue weighted by atomic mass is 9.97. The van der Waals surface area contributed by atoms with Gasteiger partial charge in [0.25, 0.3) is 0 Å². The van der Waals surface area contributed by atoms with Crippen LogP contribution in [0.25, 0.3) is 0 Å². The van der Waals surface area contributed by atoms with Crippen molar-refractivity contribution in [3.63, 3.8) is 0 Å². The number of rotatable bonds is 4. The lowest BCUT2D eigenvalue weighted by Crippen LogP contribution is -2.30. The van der Waals surface area contributed by atoms with Crippen LogP contribution in [0, 0.1) is 12.8 Å². The molecule has 0 spiro atoms. The molecule has 1 fully saturated rings. The maximum Gasteiger partial charge on any atom is 0.123 e. The number of benzene rings is 1. The Balaban J connectivity index is 1.79. The van der Waals surface area contributed by atoms with E-state index >= 15 is 0 Å². The quantitative estimate of drug-likeness (QED) is 0.888. The maximum absolute atomic E-state index is 5.95. The highest BCUT2D eigenvalue weighted by Crippen LogP contribution is 2.23. The Morgan fingerprint density at radius 3 is 3.12 bits per heavy atom. The first kappa shape index (κ1) is 12.7. The molecule has 0 amide bonds. The van der Waals surface area contributed by atoms with E-state index in [-0.39, 0.29) is 0 Å². The molecule has 2 nitrogen and oxygen atoms in total. The molecule has 2 rings (SSSR count). The fourth-order valence-electron chi connectivity index (χ4n) is 2.24. The molecule has 1 aliphatic heterocycles. The van der Waals surface area contributed by atoms with Crippen molar-refractivity contribution >= 4 is 11.6 Å². The molecule has 1 unspecified atom stereocenters. The summed E-state index contributed by atoms with van der Waals surface area (Å²) in [5.74, 6) is 1.68. The van der Waals surface area contributed by atoms with Gasteiger partial charge in [0.05, 0.1) is 6.61 Å². The maximum atomic E-state index is 5.95. The zero-order valence-electron chi connectivity index (χ0n) is 10.3. The third-order valence-electron chi connectivity index (χ3n) is 3.33. The molecule has 0 aliphatic carbocycles. The lowest BCUT2D eigenvalue weighted by molar-refractivity contribution is 0.253. The smallest absolute Gasteiger partial charge is 0.123 e. The van der Waals surface area contributed by atoms with Crippen molar-refractivity contribution in [3.05, 3.63) is 28.8 Å². The number of halogens is 1. The summed E-state index contributed by atoms with van der Waals surface area (Å²) in [6, 6.07) is 5.80. The minimum Gasteiger partial charge on any atom is -0.493 e. The predicted octanol–water partition coefficient (Wildman–Crippen LogP) is 3.42. The molecule has 1 atom stereocenters. The van der Waals surface area contributed by atoms with Crippen molar-refractivity contribution in [2.24, 2.45) is 5.92 Å². The first-order chi connectivity index (χ1) is 8.25. The lowest BCUT2D eigenvalue weighted by Gasteiger charge is -2.22. The third kappa shape index (κ3) is 3.90. The molecule has 0 aromatic heterocycles. The Labute approximate surface area is 108 Å². The molecule has 1 saturated heterocycles. The van der Waals surface area contributed by atoms with Crippen LogP contribution in [0.2, 0.25) is 5.02 Å². The van der Waals surface area contributed by atoms with Crippen LogP contribution >= 0.6 is 11.6 Å². The number of hydrogen-bond acceptors (Lipinski definition) is 2. The summed E-state index contributed by atoms with van der Waals surface area (Å²) in [5, 5.41) is 4.17. The van der Waals surface area contributed by atoms with Gasteiger partial charge < -0.3 is 10.1 Å². The zero-order chi connectivity index (χ0) is 12.1. The number of hydrogen-bond donors (Lipinski definition) is 1. The van der Waals surface area contributed by atoms with Crippen molar-refractivity contribution in [2.75, 3.05) is 19.7 Å². The number of aryl methyl sites for hydroxylation is 1. The summed E-state index contributed by atoms with van der Waals surface area (Å²) in [4.78, 5) is 0. The van der Waals surface area contributed by atoms with E-state index in [1.807, 2.05) is 25.1 Å². The van der Waals surface area contributed by atoms with Gasteiger partial charge in [0.15, 0.2) is 0 Å². The monoisotopic (exact) mass is 253 g/mol. The van der Waals surface area contributed by atoms with E-state index in [2.05, 4.69) is 5.32 Å². The molecule has 0 bridgehead atoms. The topological polar surface area (TPSA) is 21.3 Å². The van der Waals surface area contributed by atoms with Crippen molar-refractivity contribution in [3.8, 4) is 5.75 Å². The second-order valence-corrected chi connectivity index (χ2v) is 5.20. The van der Waals surface area contributed by atoms with Crippen LogP contribution in [0.3, 0.4) is 0 Å². The van der Waals surface area contributed by atoms with Gasteiger partial charge in [-0.05, 0) is 62.9 Å². The minimum absolute atomic E-state index is 0.741. The molecule has 17 heavy (non-hydrogen) atoms. The highest BCUT2D eigenvalue weighted by atomic mass is 35.5.